The molecule has 5 atom stereocenters. The van der Waals surface area contributed by atoms with Gasteiger partial charge < -0.3 is 20.4 Å². The Morgan fingerprint density at radius 2 is 1.16 bits per heavy atom. The molecule has 4 amide bonds. The van der Waals surface area contributed by atoms with Crippen molar-refractivity contribution in [1.29, 1.82) is 0 Å². The fourth-order valence-electron chi connectivity index (χ4n) is 7.57. The quantitative estimate of drug-likeness (QED) is 0.237. The van der Waals surface area contributed by atoms with Gasteiger partial charge in [-0.2, -0.15) is 0 Å². The lowest BCUT2D eigenvalue weighted by molar-refractivity contribution is -0.138. The van der Waals surface area contributed by atoms with E-state index in [9.17, 15) is 19.2 Å². The third-order valence-corrected chi connectivity index (χ3v) is 11.7. The number of fused-ring (bicyclic) bond motifs is 1. The third kappa shape index (κ3) is 9.36. The first kappa shape index (κ1) is 35.7. The van der Waals surface area contributed by atoms with Gasteiger partial charge in [0.05, 0.1) is 5.37 Å². The Balaban J connectivity index is 1.18. The summed E-state index contributed by atoms with van der Waals surface area (Å²) in [7, 11) is 0. The number of benzene rings is 3. The van der Waals surface area contributed by atoms with E-state index in [1.807, 2.05) is 108 Å². The Morgan fingerprint density at radius 1 is 0.640 bits per heavy atom. The van der Waals surface area contributed by atoms with Gasteiger partial charge in [0.15, 0.2) is 0 Å². The fraction of sp³-hybridized carbons (Fsp3) is 0.463. The van der Waals surface area contributed by atoms with Gasteiger partial charge in [-0.05, 0) is 99.6 Å². The van der Waals surface area contributed by atoms with E-state index in [-0.39, 0.29) is 29.0 Å². The molecule has 3 aliphatic rings. The minimum absolute atomic E-state index is 0.0328. The van der Waals surface area contributed by atoms with Crippen LogP contribution >= 0.6 is 11.8 Å². The molecule has 0 aliphatic carbocycles. The Labute approximate surface area is 300 Å². The van der Waals surface area contributed by atoms with E-state index in [1.165, 1.54) is 0 Å². The summed E-state index contributed by atoms with van der Waals surface area (Å²) in [6.07, 6.45) is 8.04. The minimum Gasteiger partial charge on any atom is -0.344 e. The molecule has 264 valence electrons. The van der Waals surface area contributed by atoms with E-state index in [0.29, 0.717) is 45.1 Å². The molecule has 50 heavy (non-hydrogen) atoms. The van der Waals surface area contributed by atoms with Gasteiger partial charge in [0.2, 0.25) is 23.6 Å². The maximum absolute atomic E-state index is 14.2. The molecule has 9 heteroatoms. The number of carbonyl (C=O) groups excluding carboxylic acids is 4. The van der Waals surface area contributed by atoms with Crippen molar-refractivity contribution in [2.24, 2.45) is 11.8 Å². The van der Waals surface area contributed by atoms with Gasteiger partial charge in [-0.25, -0.2) is 0 Å². The molecular formula is C41H50N4O4S. The highest BCUT2D eigenvalue weighted by Gasteiger charge is 2.37. The normalized spacial score (nSPS) is 22.4. The molecule has 3 saturated heterocycles. The standard InChI is InChI=1S/C41H50N4O4S/c46-38(42-35-20-10-12-25-44(40(35)48)34-18-8-3-9-19-34)32(28-30-14-4-1-5-15-30)22-23-33(29-31-16-6-2-7-17-31)39(47)43-36-24-27-50-37-21-11-13-26-45(37)41(36)49/h1-9,14-19,32-33,35-37H,10-13,20-29H2,(H,42,46)(H,43,47). The summed E-state index contributed by atoms with van der Waals surface area (Å²) < 4.78 is 0. The minimum atomic E-state index is -0.607. The van der Waals surface area contributed by atoms with Crippen LogP contribution in [-0.2, 0) is 32.0 Å². The average molecular weight is 695 g/mol. The van der Waals surface area contributed by atoms with E-state index >= 15 is 0 Å². The molecule has 0 aromatic heterocycles. The summed E-state index contributed by atoms with van der Waals surface area (Å²) in [5, 5.41) is 6.53. The van der Waals surface area contributed by atoms with Gasteiger partial charge >= 0.3 is 0 Å². The number of thioether (sulfide) groups is 1. The third-order valence-electron chi connectivity index (χ3n) is 10.4. The fourth-order valence-corrected chi connectivity index (χ4v) is 8.94. The van der Waals surface area contributed by atoms with Gasteiger partial charge in [-0.1, -0.05) is 78.9 Å². The van der Waals surface area contributed by atoms with Gasteiger partial charge in [0.25, 0.3) is 0 Å². The summed E-state index contributed by atoms with van der Waals surface area (Å²) in [5.74, 6) is -0.360. The number of carbonyl (C=O) groups is 4. The van der Waals surface area contributed by atoms with Gasteiger partial charge in [-0.3, -0.25) is 19.2 Å². The van der Waals surface area contributed by atoms with Crippen LogP contribution in [0.1, 0.15) is 68.9 Å². The highest BCUT2D eigenvalue weighted by molar-refractivity contribution is 7.99. The summed E-state index contributed by atoms with van der Waals surface area (Å²) in [6, 6.07) is 28.4. The average Bonchev–Trinajstić information content (AvgIpc) is 3.43. The van der Waals surface area contributed by atoms with E-state index < -0.39 is 23.9 Å². The molecule has 8 nitrogen and oxygen atoms in total. The summed E-state index contributed by atoms with van der Waals surface area (Å²) >= 11 is 1.83. The molecule has 0 bridgehead atoms. The second-order valence-corrected chi connectivity index (χ2v) is 15.2. The molecule has 3 aliphatic heterocycles. The number of hydrogen-bond donors (Lipinski definition) is 2. The van der Waals surface area contributed by atoms with Crippen LogP contribution in [0.5, 0.6) is 0 Å². The molecule has 2 N–H and O–H groups in total. The molecule has 6 rings (SSSR count). The molecule has 3 aromatic carbocycles. The first-order valence-corrected chi connectivity index (χ1v) is 19.5. The van der Waals surface area contributed by atoms with Gasteiger partial charge in [-0.15, -0.1) is 11.8 Å². The summed E-state index contributed by atoms with van der Waals surface area (Å²) in [5.41, 5.74) is 2.92. The van der Waals surface area contributed by atoms with Crippen molar-refractivity contribution in [2.45, 2.75) is 88.1 Å². The summed E-state index contributed by atoms with van der Waals surface area (Å²) in [4.78, 5) is 59.4. The largest absolute Gasteiger partial charge is 0.344 e. The van der Waals surface area contributed by atoms with Crippen molar-refractivity contribution in [2.75, 3.05) is 23.7 Å². The maximum Gasteiger partial charge on any atom is 0.249 e. The van der Waals surface area contributed by atoms with Crippen molar-refractivity contribution >= 4 is 41.1 Å². The number of nitrogens with one attached hydrogen (secondary N) is 2. The molecule has 5 unspecified atom stereocenters. The Morgan fingerprint density at radius 3 is 1.76 bits per heavy atom. The van der Waals surface area contributed by atoms with E-state index in [2.05, 4.69) is 10.6 Å². The van der Waals surface area contributed by atoms with Crippen LogP contribution in [0, 0.1) is 11.8 Å². The zero-order valence-corrected chi connectivity index (χ0v) is 29.7. The zero-order chi connectivity index (χ0) is 34.7. The number of amides is 4. The Bertz CT molecular complexity index is 1570. The number of para-hydroxylation sites is 1. The van der Waals surface area contributed by atoms with Crippen molar-refractivity contribution in [3.63, 3.8) is 0 Å². The van der Waals surface area contributed by atoms with Crippen LogP contribution in [0.25, 0.3) is 0 Å². The van der Waals surface area contributed by atoms with E-state index in [1.54, 1.807) is 4.90 Å². The summed E-state index contributed by atoms with van der Waals surface area (Å²) in [6.45, 7) is 1.37. The van der Waals surface area contributed by atoms with Crippen LogP contribution in [-0.4, -0.2) is 64.8 Å². The SMILES string of the molecule is O=C(NC1CCCCN(c2ccccc2)C1=O)C(CCC(Cc1ccccc1)C(=O)NC1CCSC2CCCCN2C1=O)Cc1ccccc1. The van der Waals surface area contributed by atoms with Crippen LogP contribution in [0.3, 0.4) is 0 Å². The van der Waals surface area contributed by atoms with Crippen molar-refractivity contribution in [1.82, 2.24) is 15.5 Å². The second kappa shape index (κ2) is 17.7. The van der Waals surface area contributed by atoms with Crippen LogP contribution in [0.15, 0.2) is 91.0 Å². The number of piperidine rings is 1. The second-order valence-electron chi connectivity index (χ2n) is 13.9. The molecule has 0 saturated carbocycles. The zero-order valence-electron chi connectivity index (χ0n) is 28.9. The Hall–Kier alpha value is -4.11. The first-order chi connectivity index (χ1) is 24.5. The molecular weight excluding hydrogens is 645 g/mol. The highest BCUT2D eigenvalue weighted by atomic mass is 32.2. The predicted octanol–water partition coefficient (Wildman–Crippen LogP) is 6.15. The van der Waals surface area contributed by atoms with Crippen LogP contribution in [0.4, 0.5) is 5.69 Å². The first-order valence-electron chi connectivity index (χ1n) is 18.4. The topological polar surface area (TPSA) is 98.8 Å². The van der Waals surface area contributed by atoms with Crippen molar-refractivity contribution < 1.29 is 19.2 Å². The molecule has 0 radical (unpaired) electrons. The lowest BCUT2D eigenvalue weighted by atomic mass is 9.86. The molecule has 3 aromatic rings. The van der Waals surface area contributed by atoms with Crippen LogP contribution in [0.2, 0.25) is 0 Å². The number of rotatable bonds is 12. The predicted molar refractivity (Wildman–Crippen MR) is 199 cm³/mol. The Kier molecular flexibility index (Phi) is 12.6. The van der Waals surface area contributed by atoms with Crippen LogP contribution < -0.4 is 15.5 Å². The highest BCUT2D eigenvalue weighted by Crippen LogP contribution is 2.31. The number of anilines is 1. The van der Waals surface area contributed by atoms with Crippen molar-refractivity contribution in [3.05, 3.63) is 102 Å². The molecule has 0 spiro atoms. The molecule has 3 fully saturated rings. The molecule has 3 heterocycles. The van der Waals surface area contributed by atoms with E-state index in [0.717, 1.165) is 61.2 Å². The van der Waals surface area contributed by atoms with Gasteiger partial charge in [0.1, 0.15) is 12.1 Å². The van der Waals surface area contributed by atoms with Gasteiger partial charge in [0, 0.05) is 30.6 Å². The smallest absolute Gasteiger partial charge is 0.249 e. The van der Waals surface area contributed by atoms with E-state index in [4.69, 9.17) is 0 Å². The lowest BCUT2D eigenvalue weighted by Crippen LogP contribution is -2.52. The number of hydrogen-bond acceptors (Lipinski definition) is 5. The number of nitrogens with zero attached hydrogens (tertiary/aromatic N) is 2. The van der Waals surface area contributed by atoms with Crippen molar-refractivity contribution in [3.8, 4) is 0 Å². The maximum atomic E-state index is 14.2. The lowest BCUT2D eigenvalue weighted by Gasteiger charge is -2.35. The monoisotopic (exact) mass is 694 g/mol.